The summed E-state index contributed by atoms with van der Waals surface area (Å²) in [4.78, 5) is 2.58. The molecule has 0 aromatic heterocycles. The van der Waals surface area contributed by atoms with E-state index in [1.54, 1.807) is 0 Å². The molecule has 2 nitrogen and oxygen atoms in total. The van der Waals surface area contributed by atoms with Gasteiger partial charge in [0.2, 0.25) is 0 Å². The summed E-state index contributed by atoms with van der Waals surface area (Å²) in [6.07, 6.45) is 3.61. The van der Waals surface area contributed by atoms with E-state index in [0.717, 1.165) is 38.0 Å². The molecule has 0 aromatic carbocycles. The van der Waals surface area contributed by atoms with E-state index in [1.807, 2.05) is 0 Å². The van der Waals surface area contributed by atoms with Crippen molar-refractivity contribution < 1.29 is 4.74 Å². The average molecular weight is 234 g/mol. The molecular formula is C12H24ClNO. The van der Waals surface area contributed by atoms with E-state index >= 15 is 0 Å². The number of halogens is 1. The molecule has 0 N–H and O–H groups in total. The van der Waals surface area contributed by atoms with Crippen molar-refractivity contribution >= 4 is 11.6 Å². The van der Waals surface area contributed by atoms with Gasteiger partial charge in [0.15, 0.2) is 0 Å². The molecule has 1 rings (SSSR count). The molecule has 0 aromatic rings. The summed E-state index contributed by atoms with van der Waals surface area (Å²) in [5.41, 5.74) is 0. The Morgan fingerprint density at radius 3 is 2.93 bits per heavy atom. The van der Waals surface area contributed by atoms with Crippen LogP contribution in [0.3, 0.4) is 0 Å². The molecule has 1 fully saturated rings. The second-order valence-corrected chi connectivity index (χ2v) is 4.92. The van der Waals surface area contributed by atoms with Crippen LogP contribution in [0.1, 0.15) is 33.1 Å². The van der Waals surface area contributed by atoms with Gasteiger partial charge in [0.25, 0.3) is 0 Å². The van der Waals surface area contributed by atoms with Crippen LogP contribution in [0, 0.1) is 5.92 Å². The van der Waals surface area contributed by atoms with Crippen molar-refractivity contribution in [2.45, 2.75) is 39.2 Å². The third kappa shape index (κ3) is 4.71. The second kappa shape index (κ2) is 7.48. The smallest absolute Gasteiger partial charge is 0.0622 e. The lowest BCUT2D eigenvalue weighted by Crippen LogP contribution is -2.45. The summed E-state index contributed by atoms with van der Waals surface area (Å²) in [5.74, 6) is 1.55. The topological polar surface area (TPSA) is 12.5 Å². The zero-order valence-corrected chi connectivity index (χ0v) is 10.8. The van der Waals surface area contributed by atoms with Gasteiger partial charge in [-0.2, -0.15) is 0 Å². The van der Waals surface area contributed by atoms with Crippen molar-refractivity contribution in [2.24, 2.45) is 5.92 Å². The van der Waals surface area contributed by atoms with Gasteiger partial charge in [-0.1, -0.05) is 13.8 Å². The molecule has 1 aliphatic rings. The van der Waals surface area contributed by atoms with Crippen LogP contribution < -0.4 is 0 Å². The third-order valence-electron chi connectivity index (χ3n) is 3.33. The maximum absolute atomic E-state index is 5.74. The monoisotopic (exact) mass is 233 g/mol. The largest absolute Gasteiger partial charge is 0.378 e. The Balaban J connectivity index is 2.22. The van der Waals surface area contributed by atoms with Crippen LogP contribution in [-0.4, -0.2) is 43.1 Å². The lowest BCUT2D eigenvalue weighted by atomic mass is 10.0. The van der Waals surface area contributed by atoms with Crippen LogP contribution in [0.2, 0.25) is 0 Å². The molecule has 3 heteroatoms. The molecule has 2 atom stereocenters. The van der Waals surface area contributed by atoms with Crippen LogP contribution in [0.25, 0.3) is 0 Å². The Hall–Kier alpha value is 0.210. The molecule has 1 saturated heterocycles. The molecular weight excluding hydrogens is 210 g/mol. The second-order valence-electron chi connectivity index (χ2n) is 4.54. The molecule has 0 amide bonds. The lowest BCUT2D eigenvalue weighted by molar-refractivity contribution is -0.0105. The van der Waals surface area contributed by atoms with Crippen LogP contribution >= 0.6 is 11.6 Å². The zero-order chi connectivity index (χ0) is 11.1. The van der Waals surface area contributed by atoms with Gasteiger partial charge in [-0.25, -0.2) is 0 Å². The Morgan fingerprint density at radius 1 is 1.47 bits per heavy atom. The molecule has 1 heterocycles. The van der Waals surface area contributed by atoms with E-state index < -0.39 is 0 Å². The molecule has 15 heavy (non-hydrogen) atoms. The number of ether oxygens (including phenoxy) is 1. The Morgan fingerprint density at radius 2 is 2.27 bits per heavy atom. The van der Waals surface area contributed by atoms with Crippen molar-refractivity contribution in [1.82, 2.24) is 4.90 Å². The molecule has 1 aliphatic heterocycles. The van der Waals surface area contributed by atoms with Crippen LogP contribution in [-0.2, 0) is 4.74 Å². The fourth-order valence-electron chi connectivity index (χ4n) is 2.08. The van der Waals surface area contributed by atoms with E-state index in [1.165, 1.54) is 19.4 Å². The Labute approximate surface area is 98.9 Å². The van der Waals surface area contributed by atoms with E-state index in [9.17, 15) is 0 Å². The Kier molecular flexibility index (Phi) is 6.62. The minimum atomic E-state index is 0.641. The van der Waals surface area contributed by atoms with Crippen molar-refractivity contribution in [3.8, 4) is 0 Å². The molecule has 0 aliphatic carbocycles. The van der Waals surface area contributed by atoms with Gasteiger partial charge in [0.1, 0.15) is 0 Å². The summed E-state index contributed by atoms with van der Waals surface area (Å²) >= 11 is 5.74. The summed E-state index contributed by atoms with van der Waals surface area (Å²) in [6, 6.07) is 0.641. The summed E-state index contributed by atoms with van der Waals surface area (Å²) in [7, 11) is 0. The van der Waals surface area contributed by atoms with Gasteiger partial charge in [0.05, 0.1) is 13.2 Å². The van der Waals surface area contributed by atoms with E-state index in [4.69, 9.17) is 16.3 Å². The maximum Gasteiger partial charge on any atom is 0.0622 e. The maximum atomic E-state index is 5.74. The number of morpholine rings is 1. The predicted molar refractivity (Wildman–Crippen MR) is 65.6 cm³/mol. The number of nitrogens with zero attached hydrogens (tertiary/aromatic N) is 1. The molecule has 90 valence electrons. The highest BCUT2D eigenvalue weighted by molar-refractivity contribution is 6.17. The van der Waals surface area contributed by atoms with Gasteiger partial charge in [-0.05, 0) is 31.7 Å². The van der Waals surface area contributed by atoms with Crippen molar-refractivity contribution in [2.75, 3.05) is 32.2 Å². The molecule has 2 unspecified atom stereocenters. The summed E-state index contributed by atoms with van der Waals surface area (Å²) in [6.45, 7) is 8.67. The van der Waals surface area contributed by atoms with Crippen molar-refractivity contribution in [3.05, 3.63) is 0 Å². The van der Waals surface area contributed by atoms with Gasteiger partial charge in [-0.15, -0.1) is 11.6 Å². The van der Waals surface area contributed by atoms with Crippen molar-refractivity contribution in [3.63, 3.8) is 0 Å². The molecule has 0 saturated carbocycles. The summed E-state index contributed by atoms with van der Waals surface area (Å²) in [5, 5.41) is 0. The van der Waals surface area contributed by atoms with Crippen LogP contribution in [0.15, 0.2) is 0 Å². The number of hydrogen-bond acceptors (Lipinski definition) is 2. The SMILES string of the molecule is CCC1COCCN1CCC(C)CCCl. The molecule has 0 spiro atoms. The minimum absolute atomic E-state index is 0.641. The first-order valence-corrected chi connectivity index (χ1v) is 6.69. The fourth-order valence-corrected chi connectivity index (χ4v) is 2.45. The standard InChI is InChI=1S/C12H24ClNO/c1-3-12-10-15-9-8-14(12)7-5-11(2)4-6-13/h11-12H,3-10H2,1-2H3. The van der Waals surface area contributed by atoms with Gasteiger partial charge >= 0.3 is 0 Å². The predicted octanol–water partition coefficient (Wildman–Crippen LogP) is 2.75. The van der Waals surface area contributed by atoms with E-state index in [2.05, 4.69) is 18.7 Å². The quantitative estimate of drug-likeness (QED) is 0.655. The van der Waals surface area contributed by atoms with Gasteiger partial charge in [-0.3, -0.25) is 4.90 Å². The van der Waals surface area contributed by atoms with Crippen LogP contribution in [0.5, 0.6) is 0 Å². The Bertz CT molecular complexity index is 166. The first-order chi connectivity index (χ1) is 7.27. The van der Waals surface area contributed by atoms with Crippen LogP contribution in [0.4, 0.5) is 0 Å². The first-order valence-electron chi connectivity index (χ1n) is 6.15. The highest BCUT2D eigenvalue weighted by Gasteiger charge is 2.21. The highest BCUT2D eigenvalue weighted by atomic mass is 35.5. The highest BCUT2D eigenvalue weighted by Crippen LogP contribution is 2.14. The normalized spacial score (nSPS) is 25.4. The van der Waals surface area contributed by atoms with E-state index in [0.29, 0.717) is 6.04 Å². The average Bonchev–Trinajstić information content (AvgIpc) is 2.27. The number of rotatable bonds is 6. The minimum Gasteiger partial charge on any atom is -0.378 e. The summed E-state index contributed by atoms with van der Waals surface area (Å²) < 4.78 is 5.49. The first kappa shape index (κ1) is 13.3. The lowest BCUT2D eigenvalue weighted by Gasteiger charge is -2.35. The number of hydrogen-bond donors (Lipinski definition) is 0. The van der Waals surface area contributed by atoms with Gasteiger partial charge < -0.3 is 4.74 Å². The fraction of sp³-hybridized carbons (Fsp3) is 1.00. The van der Waals surface area contributed by atoms with Gasteiger partial charge in [0, 0.05) is 18.5 Å². The zero-order valence-electron chi connectivity index (χ0n) is 10.0. The van der Waals surface area contributed by atoms with E-state index in [-0.39, 0.29) is 0 Å². The number of alkyl halides is 1. The third-order valence-corrected chi connectivity index (χ3v) is 3.55. The van der Waals surface area contributed by atoms with Crippen molar-refractivity contribution in [1.29, 1.82) is 0 Å². The molecule has 0 bridgehead atoms. The molecule has 0 radical (unpaired) electrons.